The summed E-state index contributed by atoms with van der Waals surface area (Å²) in [5.41, 5.74) is 4.79. The van der Waals surface area contributed by atoms with E-state index in [1.165, 1.54) is 0 Å². The molecule has 1 aromatic heterocycles. The average molecular weight is 392 g/mol. The Labute approximate surface area is 164 Å². The number of hydrogen-bond donors (Lipinski definition) is 1. The monoisotopic (exact) mass is 392 g/mol. The van der Waals surface area contributed by atoms with Crippen molar-refractivity contribution in [3.8, 4) is 11.4 Å². The molecule has 0 saturated heterocycles. The van der Waals surface area contributed by atoms with Crippen molar-refractivity contribution in [2.75, 3.05) is 6.61 Å². The van der Waals surface area contributed by atoms with E-state index in [0.29, 0.717) is 6.42 Å². The van der Waals surface area contributed by atoms with Gasteiger partial charge in [0.1, 0.15) is 5.82 Å². The lowest BCUT2D eigenvalue weighted by atomic mass is 10.1. The fraction of sp³-hybridized carbons (Fsp3) is 0.136. The summed E-state index contributed by atoms with van der Waals surface area (Å²) in [7, 11) is -3.74. The molecule has 0 aliphatic rings. The van der Waals surface area contributed by atoms with Crippen LogP contribution in [-0.4, -0.2) is 25.0 Å². The largest absolute Gasteiger partial charge is 0.338 e. The Balaban J connectivity index is 1.46. The van der Waals surface area contributed by atoms with Gasteiger partial charge in [-0.1, -0.05) is 54.1 Å². The summed E-state index contributed by atoms with van der Waals surface area (Å²) in [5, 5.41) is 0. The molecule has 0 unspecified atom stereocenters. The average Bonchev–Trinajstić information content (AvgIpc) is 3.12. The summed E-state index contributed by atoms with van der Waals surface area (Å²) in [4.78, 5) is 8.10. The van der Waals surface area contributed by atoms with E-state index in [0.717, 1.165) is 33.5 Å². The predicted molar refractivity (Wildman–Crippen MR) is 110 cm³/mol. The summed E-state index contributed by atoms with van der Waals surface area (Å²) in [6.07, 6.45) is 0.487. The van der Waals surface area contributed by atoms with E-state index in [9.17, 15) is 8.42 Å². The first-order chi connectivity index (χ1) is 13.5. The maximum atomic E-state index is 12.3. The molecule has 3 aromatic carbocycles. The highest BCUT2D eigenvalue weighted by atomic mass is 32.2. The first kappa shape index (κ1) is 18.4. The van der Waals surface area contributed by atoms with Crippen LogP contribution in [-0.2, 0) is 20.7 Å². The highest BCUT2D eigenvalue weighted by molar-refractivity contribution is 7.86. The van der Waals surface area contributed by atoms with E-state index in [2.05, 4.69) is 9.97 Å². The second kappa shape index (κ2) is 7.58. The normalized spacial score (nSPS) is 11.8. The maximum Gasteiger partial charge on any atom is 0.296 e. The molecule has 0 aliphatic carbocycles. The Morgan fingerprint density at radius 1 is 0.964 bits per heavy atom. The standard InChI is InChI=1S/C22H20N2O3S/c1-16-7-10-19(11-8-16)28(25,26)27-14-13-17-9-12-20-21(15-17)24-22(23-20)18-5-3-2-4-6-18/h2-12,15H,13-14H2,1H3,(H,23,24). The molecule has 4 rings (SSSR count). The Bertz CT molecular complexity index is 1200. The van der Waals surface area contributed by atoms with Crippen LogP contribution in [0.2, 0.25) is 0 Å². The van der Waals surface area contributed by atoms with Crippen LogP contribution in [0.25, 0.3) is 22.4 Å². The van der Waals surface area contributed by atoms with Gasteiger partial charge in [-0.3, -0.25) is 4.18 Å². The summed E-state index contributed by atoms with van der Waals surface area (Å²) >= 11 is 0. The molecule has 0 spiro atoms. The highest BCUT2D eigenvalue weighted by Gasteiger charge is 2.14. The third-order valence-corrected chi connectivity index (χ3v) is 5.86. The second-order valence-electron chi connectivity index (χ2n) is 6.64. The molecule has 0 bridgehead atoms. The van der Waals surface area contributed by atoms with Gasteiger partial charge in [-0.15, -0.1) is 0 Å². The first-order valence-electron chi connectivity index (χ1n) is 9.01. The number of fused-ring (bicyclic) bond motifs is 1. The molecule has 0 amide bonds. The topological polar surface area (TPSA) is 72.1 Å². The highest BCUT2D eigenvalue weighted by Crippen LogP contribution is 2.21. The van der Waals surface area contributed by atoms with Crippen molar-refractivity contribution in [2.24, 2.45) is 0 Å². The molecular formula is C22H20N2O3S. The van der Waals surface area contributed by atoms with Crippen LogP contribution in [0.15, 0.2) is 77.7 Å². The quantitative estimate of drug-likeness (QED) is 0.491. The lowest BCUT2D eigenvalue weighted by Gasteiger charge is -2.06. The molecule has 0 radical (unpaired) electrons. The lowest BCUT2D eigenvalue weighted by molar-refractivity contribution is 0.322. The number of nitrogens with one attached hydrogen (secondary N) is 1. The van der Waals surface area contributed by atoms with Crippen molar-refractivity contribution in [2.45, 2.75) is 18.2 Å². The van der Waals surface area contributed by atoms with Gasteiger partial charge in [-0.05, 0) is 43.2 Å². The zero-order chi connectivity index (χ0) is 19.6. The molecule has 142 valence electrons. The van der Waals surface area contributed by atoms with Crippen molar-refractivity contribution in [3.63, 3.8) is 0 Å². The molecule has 4 aromatic rings. The van der Waals surface area contributed by atoms with Gasteiger partial charge in [0, 0.05) is 5.56 Å². The number of nitrogens with zero attached hydrogens (tertiary/aromatic N) is 1. The van der Waals surface area contributed by atoms with E-state index in [4.69, 9.17) is 4.18 Å². The van der Waals surface area contributed by atoms with Crippen molar-refractivity contribution < 1.29 is 12.6 Å². The molecule has 1 heterocycles. The van der Waals surface area contributed by atoms with E-state index in [1.54, 1.807) is 24.3 Å². The number of hydrogen-bond acceptors (Lipinski definition) is 4. The molecule has 6 heteroatoms. The number of aromatic amines is 1. The van der Waals surface area contributed by atoms with Gasteiger partial charge in [0.25, 0.3) is 10.1 Å². The summed E-state index contributed by atoms with van der Waals surface area (Å²) in [6.45, 7) is 1.99. The zero-order valence-corrected chi connectivity index (χ0v) is 16.2. The van der Waals surface area contributed by atoms with Crippen LogP contribution in [0.4, 0.5) is 0 Å². The van der Waals surface area contributed by atoms with Gasteiger partial charge < -0.3 is 4.98 Å². The molecular weight excluding hydrogens is 372 g/mol. The van der Waals surface area contributed by atoms with Crippen LogP contribution in [0, 0.1) is 6.92 Å². The van der Waals surface area contributed by atoms with Gasteiger partial charge in [-0.2, -0.15) is 8.42 Å². The zero-order valence-electron chi connectivity index (χ0n) is 15.4. The minimum absolute atomic E-state index is 0.0847. The lowest BCUT2D eigenvalue weighted by Crippen LogP contribution is -2.09. The van der Waals surface area contributed by atoms with Crippen LogP contribution in [0.3, 0.4) is 0 Å². The number of H-pyrrole nitrogens is 1. The Kier molecular flexibility index (Phi) is 4.98. The summed E-state index contributed by atoms with van der Waals surface area (Å²) in [6, 6.07) is 22.4. The molecule has 5 nitrogen and oxygen atoms in total. The Morgan fingerprint density at radius 2 is 1.71 bits per heavy atom. The van der Waals surface area contributed by atoms with Gasteiger partial charge in [0.05, 0.1) is 22.5 Å². The molecule has 0 atom stereocenters. The van der Waals surface area contributed by atoms with Crippen LogP contribution in [0.1, 0.15) is 11.1 Å². The third-order valence-electron chi connectivity index (χ3n) is 4.53. The van der Waals surface area contributed by atoms with Gasteiger partial charge >= 0.3 is 0 Å². The van der Waals surface area contributed by atoms with Crippen molar-refractivity contribution >= 4 is 21.2 Å². The number of rotatable bonds is 6. The van der Waals surface area contributed by atoms with Crippen molar-refractivity contribution in [3.05, 3.63) is 83.9 Å². The SMILES string of the molecule is Cc1ccc(S(=O)(=O)OCCc2ccc3nc(-c4ccccc4)[nH]c3c2)cc1. The van der Waals surface area contributed by atoms with Crippen LogP contribution in [0.5, 0.6) is 0 Å². The minimum Gasteiger partial charge on any atom is -0.338 e. The van der Waals surface area contributed by atoms with Crippen molar-refractivity contribution in [1.82, 2.24) is 9.97 Å². The smallest absolute Gasteiger partial charge is 0.296 e. The Morgan fingerprint density at radius 3 is 2.46 bits per heavy atom. The first-order valence-corrected chi connectivity index (χ1v) is 10.4. The molecule has 0 aliphatic heterocycles. The number of imidazole rings is 1. The van der Waals surface area contributed by atoms with Gasteiger partial charge in [0.2, 0.25) is 0 Å². The van der Waals surface area contributed by atoms with E-state index >= 15 is 0 Å². The fourth-order valence-electron chi connectivity index (χ4n) is 2.99. The number of aromatic nitrogens is 2. The number of aryl methyl sites for hydroxylation is 1. The van der Waals surface area contributed by atoms with Crippen LogP contribution >= 0.6 is 0 Å². The van der Waals surface area contributed by atoms with Gasteiger partial charge in [-0.25, -0.2) is 4.98 Å². The minimum atomic E-state index is -3.74. The molecule has 0 fully saturated rings. The van der Waals surface area contributed by atoms with E-state index in [-0.39, 0.29) is 11.5 Å². The van der Waals surface area contributed by atoms with Crippen LogP contribution < -0.4 is 0 Å². The predicted octanol–water partition coefficient (Wildman–Crippen LogP) is 4.49. The van der Waals surface area contributed by atoms with E-state index in [1.807, 2.05) is 55.5 Å². The van der Waals surface area contributed by atoms with Gasteiger partial charge in [0.15, 0.2) is 0 Å². The molecule has 1 N–H and O–H groups in total. The molecule has 28 heavy (non-hydrogen) atoms. The third kappa shape index (κ3) is 3.98. The molecule has 0 saturated carbocycles. The summed E-state index contributed by atoms with van der Waals surface area (Å²) in [5.74, 6) is 0.811. The fourth-order valence-corrected chi connectivity index (χ4v) is 3.90. The number of benzene rings is 3. The van der Waals surface area contributed by atoms with Crippen molar-refractivity contribution in [1.29, 1.82) is 0 Å². The maximum absolute atomic E-state index is 12.3. The summed E-state index contributed by atoms with van der Waals surface area (Å²) < 4.78 is 29.7. The Hall–Kier alpha value is -2.96. The second-order valence-corrected chi connectivity index (χ2v) is 8.26. The van der Waals surface area contributed by atoms with E-state index < -0.39 is 10.1 Å².